The summed E-state index contributed by atoms with van der Waals surface area (Å²) in [6.07, 6.45) is 8.27. The number of allylic oxidation sites excluding steroid dienone is 4. The fourth-order valence-electron chi connectivity index (χ4n) is 3.56. The third-order valence-electron chi connectivity index (χ3n) is 5.20. The van der Waals surface area contributed by atoms with Gasteiger partial charge in [0.25, 0.3) is 0 Å². The Morgan fingerprint density at radius 1 is 1.27 bits per heavy atom. The van der Waals surface area contributed by atoms with Crippen LogP contribution in [-0.4, -0.2) is 54.7 Å². The molecule has 0 bridgehead atoms. The molecule has 0 spiro atoms. The van der Waals surface area contributed by atoms with Crippen LogP contribution in [0, 0.1) is 0 Å². The molecule has 172 valence electrons. The first kappa shape index (κ1) is 22.8. The van der Waals surface area contributed by atoms with Crippen LogP contribution in [-0.2, 0) is 4.74 Å². The lowest BCUT2D eigenvalue weighted by molar-refractivity contribution is 0.186. The van der Waals surface area contributed by atoms with E-state index in [0.29, 0.717) is 36.8 Å². The van der Waals surface area contributed by atoms with Gasteiger partial charge in [-0.15, -0.1) is 11.3 Å². The van der Waals surface area contributed by atoms with Crippen molar-refractivity contribution in [3.05, 3.63) is 59.8 Å². The van der Waals surface area contributed by atoms with Gasteiger partial charge < -0.3 is 26.0 Å². The molecule has 1 aliphatic carbocycles. The number of benzene rings is 1. The van der Waals surface area contributed by atoms with Gasteiger partial charge in [-0.3, -0.25) is 0 Å². The number of hydrogen-bond donors (Lipinski definition) is 3. The average Bonchev–Trinajstić information content (AvgIpc) is 3.04. The van der Waals surface area contributed by atoms with Crippen LogP contribution in [0.3, 0.4) is 0 Å². The molecule has 2 amide bonds. The van der Waals surface area contributed by atoms with Crippen LogP contribution in [0.15, 0.2) is 54.2 Å². The van der Waals surface area contributed by atoms with Crippen molar-refractivity contribution in [1.29, 1.82) is 0 Å². The number of aromatic nitrogens is 2. The Hall–Kier alpha value is -3.43. The fourth-order valence-corrected chi connectivity index (χ4v) is 4.66. The highest BCUT2D eigenvalue weighted by Gasteiger charge is 2.16. The molecule has 0 radical (unpaired) electrons. The molecule has 0 saturated heterocycles. The molecule has 3 aromatic rings. The van der Waals surface area contributed by atoms with Crippen LogP contribution < -0.4 is 16.4 Å². The van der Waals surface area contributed by atoms with Gasteiger partial charge in [-0.1, -0.05) is 18.2 Å². The zero-order valence-electron chi connectivity index (χ0n) is 19.0. The lowest BCUT2D eigenvalue weighted by atomic mass is 10.0. The smallest absolute Gasteiger partial charge is 0.319 e. The summed E-state index contributed by atoms with van der Waals surface area (Å²) in [5.74, 6) is 1.16. The van der Waals surface area contributed by atoms with Crippen molar-refractivity contribution in [3.63, 3.8) is 0 Å². The predicted molar refractivity (Wildman–Crippen MR) is 135 cm³/mol. The van der Waals surface area contributed by atoms with E-state index in [1.807, 2.05) is 33.2 Å². The van der Waals surface area contributed by atoms with Crippen molar-refractivity contribution in [2.75, 3.05) is 39.5 Å². The van der Waals surface area contributed by atoms with Crippen LogP contribution in [0.1, 0.15) is 18.9 Å². The van der Waals surface area contributed by atoms with Gasteiger partial charge in [-0.2, -0.15) is 0 Å². The first-order valence-electron chi connectivity index (χ1n) is 10.8. The third kappa shape index (κ3) is 5.15. The molecule has 0 saturated carbocycles. The maximum absolute atomic E-state index is 12.3. The lowest BCUT2D eigenvalue weighted by Gasteiger charge is -2.17. The van der Waals surface area contributed by atoms with Gasteiger partial charge in [0, 0.05) is 23.2 Å². The van der Waals surface area contributed by atoms with E-state index in [0.717, 1.165) is 38.0 Å². The van der Waals surface area contributed by atoms with E-state index in [1.165, 1.54) is 6.33 Å². The van der Waals surface area contributed by atoms with E-state index in [-0.39, 0.29) is 6.03 Å². The van der Waals surface area contributed by atoms with Gasteiger partial charge in [0.2, 0.25) is 0 Å². The molecule has 1 aromatic carbocycles. The number of anilines is 1. The minimum atomic E-state index is -0.263. The monoisotopic (exact) mass is 464 g/mol. The van der Waals surface area contributed by atoms with E-state index in [1.54, 1.807) is 11.3 Å². The SMILES string of the molecule is CCNC(=O)NC1=CC(c2ccc3c(c2)sc2c(N)ncnc23)=CCC=C1OCCN(C)C. The third-order valence-corrected chi connectivity index (χ3v) is 6.37. The maximum atomic E-state index is 12.3. The molecular formula is C24H28N6O2S. The number of carbonyl (C=O) groups excluding carboxylic acids is 1. The van der Waals surface area contributed by atoms with Crippen LogP contribution >= 0.6 is 11.3 Å². The van der Waals surface area contributed by atoms with Gasteiger partial charge in [0.15, 0.2) is 0 Å². The minimum Gasteiger partial charge on any atom is -0.490 e. The topological polar surface area (TPSA) is 105 Å². The molecule has 33 heavy (non-hydrogen) atoms. The number of nitrogens with zero attached hydrogens (tertiary/aromatic N) is 3. The largest absolute Gasteiger partial charge is 0.490 e. The second-order valence-electron chi connectivity index (χ2n) is 7.91. The molecule has 4 N–H and O–H groups in total. The Morgan fingerprint density at radius 2 is 2.12 bits per heavy atom. The fraction of sp³-hybridized carbons (Fsp3) is 0.292. The van der Waals surface area contributed by atoms with E-state index in [4.69, 9.17) is 10.5 Å². The second kappa shape index (κ2) is 10.0. The number of carbonyl (C=O) groups is 1. The molecule has 0 unspecified atom stereocenters. The molecule has 8 nitrogen and oxygen atoms in total. The molecular weight excluding hydrogens is 436 g/mol. The number of fused-ring (bicyclic) bond motifs is 3. The number of nitrogen functional groups attached to an aromatic ring is 1. The van der Waals surface area contributed by atoms with Gasteiger partial charge in [0.1, 0.15) is 24.5 Å². The highest BCUT2D eigenvalue weighted by Crippen LogP contribution is 2.37. The number of rotatable bonds is 7. The van der Waals surface area contributed by atoms with Gasteiger partial charge in [-0.25, -0.2) is 14.8 Å². The van der Waals surface area contributed by atoms with Crippen molar-refractivity contribution >= 4 is 49.1 Å². The van der Waals surface area contributed by atoms with Gasteiger partial charge >= 0.3 is 6.03 Å². The molecule has 0 aliphatic heterocycles. The Morgan fingerprint density at radius 3 is 2.91 bits per heavy atom. The predicted octanol–water partition coefficient (Wildman–Crippen LogP) is 3.88. The van der Waals surface area contributed by atoms with Crippen molar-refractivity contribution in [3.8, 4) is 0 Å². The quantitative estimate of drug-likeness (QED) is 0.490. The molecule has 2 aromatic heterocycles. The normalized spacial score (nSPS) is 14.0. The summed E-state index contributed by atoms with van der Waals surface area (Å²) in [6, 6.07) is 6.00. The standard InChI is InChI=1S/C24H28N6O2S/c1-4-26-24(31)29-18-12-15(6-5-7-19(18)32-11-10-30(2)3)16-8-9-17-20(13-16)33-22-21(17)27-14-28-23(22)25/h6-9,12-14H,4-5,10-11H2,1-3H3,(H2,25,27,28)(H2,26,29,31). The first-order chi connectivity index (χ1) is 16.0. The molecule has 1 aliphatic rings. The van der Waals surface area contributed by atoms with Gasteiger partial charge in [0.05, 0.1) is 15.9 Å². The molecule has 4 rings (SSSR count). The number of urea groups is 1. The highest BCUT2D eigenvalue weighted by molar-refractivity contribution is 7.26. The van der Waals surface area contributed by atoms with Crippen LogP contribution in [0.2, 0.25) is 0 Å². The lowest BCUT2D eigenvalue weighted by Crippen LogP contribution is -2.35. The van der Waals surface area contributed by atoms with E-state index < -0.39 is 0 Å². The summed E-state index contributed by atoms with van der Waals surface area (Å²) in [6.45, 7) is 3.73. The highest BCUT2D eigenvalue weighted by atomic mass is 32.1. The summed E-state index contributed by atoms with van der Waals surface area (Å²) in [5, 5.41) is 6.78. The average molecular weight is 465 g/mol. The van der Waals surface area contributed by atoms with E-state index in [9.17, 15) is 4.79 Å². The van der Waals surface area contributed by atoms with Crippen molar-refractivity contribution < 1.29 is 9.53 Å². The van der Waals surface area contributed by atoms with Crippen molar-refractivity contribution in [1.82, 2.24) is 25.5 Å². The number of thiophene rings is 1. The summed E-state index contributed by atoms with van der Waals surface area (Å²) in [4.78, 5) is 22.9. The molecule has 9 heteroatoms. The van der Waals surface area contributed by atoms with Crippen molar-refractivity contribution in [2.24, 2.45) is 0 Å². The number of nitrogens with two attached hydrogens (primary N) is 1. The molecule has 0 fully saturated rings. The van der Waals surface area contributed by atoms with E-state index in [2.05, 4.69) is 49.8 Å². The number of amides is 2. The summed E-state index contributed by atoms with van der Waals surface area (Å²) in [7, 11) is 4.00. The van der Waals surface area contributed by atoms with E-state index >= 15 is 0 Å². The number of nitrogens with one attached hydrogen (secondary N) is 2. The molecule has 0 atom stereocenters. The van der Waals surface area contributed by atoms with Crippen molar-refractivity contribution in [2.45, 2.75) is 13.3 Å². The van der Waals surface area contributed by atoms with Crippen LogP contribution in [0.5, 0.6) is 0 Å². The summed E-state index contributed by atoms with van der Waals surface area (Å²) < 4.78 is 8.00. The maximum Gasteiger partial charge on any atom is 0.319 e. The Labute approximate surface area is 196 Å². The Balaban J connectivity index is 1.67. The molecule has 2 heterocycles. The minimum absolute atomic E-state index is 0.263. The Bertz CT molecular complexity index is 1270. The first-order valence-corrected chi connectivity index (χ1v) is 11.7. The number of likely N-dealkylation sites (N-methyl/N-ethyl adjacent to an activating group) is 1. The zero-order valence-corrected chi connectivity index (χ0v) is 19.8. The second-order valence-corrected chi connectivity index (χ2v) is 8.96. The number of ether oxygens (including phenoxy) is 1. The van der Waals surface area contributed by atoms with Crippen LogP contribution in [0.4, 0.5) is 10.6 Å². The summed E-state index contributed by atoms with van der Waals surface area (Å²) >= 11 is 1.58. The summed E-state index contributed by atoms with van der Waals surface area (Å²) in [5.41, 5.74) is 9.60. The Kier molecular flexibility index (Phi) is 6.90. The van der Waals surface area contributed by atoms with Crippen LogP contribution in [0.25, 0.3) is 25.9 Å². The zero-order chi connectivity index (χ0) is 23.4. The number of hydrogen-bond acceptors (Lipinski definition) is 7. The van der Waals surface area contributed by atoms with Gasteiger partial charge in [-0.05, 0) is 56.8 Å².